The van der Waals surface area contributed by atoms with Crippen LogP contribution in [0.1, 0.15) is 24.8 Å². The van der Waals surface area contributed by atoms with Crippen LogP contribution in [0.15, 0.2) is 17.0 Å². The predicted octanol–water partition coefficient (Wildman–Crippen LogP) is 1.25. The van der Waals surface area contributed by atoms with E-state index in [4.69, 9.17) is 9.47 Å². The number of ether oxygens (including phenoxy) is 2. The first kappa shape index (κ1) is 16.1. The van der Waals surface area contributed by atoms with Crippen LogP contribution in [0.25, 0.3) is 0 Å². The maximum Gasteiger partial charge on any atom is 0.240 e. The van der Waals surface area contributed by atoms with Gasteiger partial charge in [0.25, 0.3) is 0 Å². The molecule has 1 saturated carbocycles. The lowest BCUT2D eigenvalue weighted by Crippen LogP contribution is -2.39. The predicted molar refractivity (Wildman–Crippen MR) is 80.3 cm³/mol. The van der Waals surface area contributed by atoms with E-state index in [1.165, 1.54) is 20.3 Å². The van der Waals surface area contributed by atoms with Gasteiger partial charge < -0.3 is 14.8 Å². The molecule has 2 N–H and O–H groups in total. The zero-order chi connectivity index (χ0) is 15.5. The zero-order valence-corrected chi connectivity index (χ0v) is 13.4. The van der Waals surface area contributed by atoms with Crippen LogP contribution in [0.2, 0.25) is 0 Å². The largest absolute Gasteiger partial charge is 0.493 e. The molecule has 6 nitrogen and oxygen atoms in total. The lowest BCUT2D eigenvalue weighted by molar-refractivity contribution is 0.349. The Morgan fingerprint density at radius 2 is 1.95 bits per heavy atom. The van der Waals surface area contributed by atoms with Crippen LogP contribution < -0.4 is 19.5 Å². The van der Waals surface area contributed by atoms with Crippen molar-refractivity contribution in [2.45, 2.75) is 36.7 Å². The highest BCUT2D eigenvalue weighted by molar-refractivity contribution is 7.89. The SMILES string of the molecule is CNCc1cc(S(=O)(=O)NC2CCC2)cc(OC)c1OC. The minimum atomic E-state index is -3.53. The summed E-state index contributed by atoms with van der Waals surface area (Å²) in [5.41, 5.74) is 0.744. The van der Waals surface area contributed by atoms with E-state index >= 15 is 0 Å². The minimum absolute atomic E-state index is 0.0517. The van der Waals surface area contributed by atoms with Crippen molar-refractivity contribution in [1.82, 2.24) is 10.0 Å². The first-order chi connectivity index (χ1) is 10.0. The van der Waals surface area contributed by atoms with Gasteiger partial charge in [0.05, 0.1) is 19.1 Å². The molecule has 0 radical (unpaired) electrons. The Hall–Kier alpha value is -1.31. The molecule has 1 aromatic carbocycles. The molecule has 0 amide bonds. The van der Waals surface area contributed by atoms with Crippen LogP contribution >= 0.6 is 0 Å². The summed E-state index contributed by atoms with van der Waals surface area (Å²) in [6, 6.07) is 3.17. The minimum Gasteiger partial charge on any atom is -0.493 e. The van der Waals surface area contributed by atoms with Gasteiger partial charge in [-0.1, -0.05) is 6.42 Å². The number of rotatable bonds is 7. The average molecular weight is 314 g/mol. The third-order valence-electron chi connectivity index (χ3n) is 3.63. The molecule has 0 heterocycles. The highest BCUT2D eigenvalue weighted by atomic mass is 32.2. The van der Waals surface area contributed by atoms with Crippen LogP contribution in [-0.4, -0.2) is 35.7 Å². The van der Waals surface area contributed by atoms with Crippen molar-refractivity contribution in [1.29, 1.82) is 0 Å². The molecule has 0 atom stereocenters. The van der Waals surface area contributed by atoms with Gasteiger partial charge in [0.2, 0.25) is 10.0 Å². The molecule has 1 aliphatic carbocycles. The number of hydrogen-bond donors (Lipinski definition) is 2. The summed E-state index contributed by atoms with van der Waals surface area (Å²) in [7, 11) is 1.30. The second-order valence-electron chi connectivity index (χ2n) is 5.10. The Bertz CT molecular complexity index is 597. The van der Waals surface area contributed by atoms with Gasteiger partial charge in [0.1, 0.15) is 0 Å². The number of nitrogens with one attached hydrogen (secondary N) is 2. The van der Waals surface area contributed by atoms with Gasteiger partial charge in [-0.2, -0.15) is 0 Å². The summed E-state index contributed by atoms with van der Waals surface area (Å²) in [6.07, 6.45) is 2.87. The van der Waals surface area contributed by atoms with E-state index in [1.54, 1.807) is 13.1 Å². The molecule has 0 aliphatic heterocycles. The van der Waals surface area contributed by atoms with Gasteiger partial charge in [-0.3, -0.25) is 0 Å². The molecule has 0 spiro atoms. The molecule has 1 aliphatic rings. The number of benzene rings is 1. The van der Waals surface area contributed by atoms with Crippen LogP contribution in [0, 0.1) is 0 Å². The topological polar surface area (TPSA) is 76.7 Å². The van der Waals surface area contributed by atoms with Crippen molar-refractivity contribution in [2.75, 3.05) is 21.3 Å². The van der Waals surface area contributed by atoms with Crippen molar-refractivity contribution in [2.24, 2.45) is 0 Å². The Balaban J connectivity index is 2.40. The van der Waals surface area contributed by atoms with Crippen LogP contribution in [0.5, 0.6) is 11.5 Å². The summed E-state index contributed by atoms with van der Waals surface area (Å²) < 4.78 is 38.2. The molecule has 0 saturated heterocycles. The lowest BCUT2D eigenvalue weighted by Gasteiger charge is -2.26. The quantitative estimate of drug-likeness (QED) is 0.792. The van der Waals surface area contributed by atoms with E-state index in [0.717, 1.165) is 24.8 Å². The van der Waals surface area contributed by atoms with Gasteiger partial charge in [-0.15, -0.1) is 0 Å². The zero-order valence-electron chi connectivity index (χ0n) is 12.6. The second-order valence-corrected chi connectivity index (χ2v) is 6.81. The highest BCUT2D eigenvalue weighted by Gasteiger charge is 2.26. The molecule has 0 aromatic heterocycles. The van der Waals surface area contributed by atoms with Crippen molar-refractivity contribution in [3.8, 4) is 11.5 Å². The highest BCUT2D eigenvalue weighted by Crippen LogP contribution is 2.34. The molecule has 118 valence electrons. The Labute approximate surface area is 125 Å². The number of methoxy groups -OCH3 is 2. The average Bonchev–Trinajstić information content (AvgIpc) is 2.42. The maximum atomic E-state index is 12.4. The van der Waals surface area contributed by atoms with Gasteiger partial charge in [0, 0.05) is 24.2 Å². The fourth-order valence-corrected chi connectivity index (χ4v) is 3.68. The number of hydrogen-bond acceptors (Lipinski definition) is 5. The first-order valence-corrected chi connectivity index (χ1v) is 8.42. The summed E-state index contributed by atoms with van der Waals surface area (Å²) in [5.74, 6) is 0.966. The Morgan fingerprint density at radius 3 is 2.43 bits per heavy atom. The lowest BCUT2D eigenvalue weighted by atomic mass is 9.94. The van der Waals surface area contributed by atoms with Crippen molar-refractivity contribution < 1.29 is 17.9 Å². The fraction of sp³-hybridized carbons (Fsp3) is 0.571. The molecule has 21 heavy (non-hydrogen) atoms. The monoisotopic (exact) mass is 314 g/mol. The third kappa shape index (κ3) is 3.48. The fourth-order valence-electron chi connectivity index (χ4n) is 2.31. The molecule has 0 bridgehead atoms. The van der Waals surface area contributed by atoms with E-state index in [0.29, 0.717) is 18.0 Å². The maximum absolute atomic E-state index is 12.4. The van der Waals surface area contributed by atoms with Gasteiger partial charge >= 0.3 is 0 Å². The molecule has 0 unspecified atom stereocenters. The van der Waals surface area contributed by atoms with E-state index in [1.807, 2.05) is 0 Å². The van der Waals surface area contributed by atoms with Crippen LogP contribution in [0.3, 0.4) is 0 Å². The summed E-state index contributed by atoms with van der Waals surface area (Å²) in [6.45, 7) is 0.492. The van der Waals surface area contributed by atoms with Gasteiger partial charge in [0.15, 0.2) is 11.5 Å². The molecule has 1 fully saturated rings. The van der Waals surface area contributed by atoms with Crippen molar-refractivity contribution in [3.05, 3.63) is 17.7 Å². The molecular formula is C14H22N2O4S. The Kier molecular flexibility index (Phi) is 5.08. The van der Waals surface area contributed by atoms with Gasteiger partial charge in [-0.05, 0) is 26.0 Å². The third-order valence-corrected chi connectivity index (χ3v) is 5.13. The Morgan fingerprint density at radius 1 is 1.24 bits per heavy atom. The molecular weight excluding hydrogens is 292 g/mol. The molecule has 1 aromatic rings. The van der Waals surface area contributed by atoms with Crippen molar-refractivity contribution in [3.63, 3.8) is 0 Å². The summed E-state index contributed by atoms with van der Waals surface area (Å²) in [4.78, 5) is 0.206. The molecule has 2 rings (SSSR count). The molecule has 7 heteroatoms. The van der Waals surface area contributed by atoms with Gasteiger partial charge in [-0.25, -0.2) is 13.1 Å². The van der Waals surface area contributed by atoms with Crippen molar-refractivity contribution >= 4 is 10.0 Å². The van der Waals surface area contributed by atoms with Crippen LogP contribution in [-0.2, 0) is 16.6 Å². The second kappa shape index (κ2) is 6.64. The standard InChI is InChI=1S/C14H22N2O4S/c1-15-9-10-7-12(8-13(19-2)14(10)20-3)21(17,18)16-11-5-4-6-11/h7-8,11,15-16H,4-6,9H2,1-3H3. The summed E-state index contributed by atoms with van der Waals surface area (Å²) in [5, 5.41) is 3.00. The van der Waals surface area contributed by atoms with E-state index in [2.05, 4.69) is 10.0 Å². The normalized spacial score (nSPS) is 15.6. The first-order valence-electron chi connectivity index (χ1n) is 6.93. The summed E-state index contributed by atoms with van der Waals surface area (Å²) >= 11 is 0. The van der Waals surface area contributed by atoms with Crippen LogP contribution in [0.4, 0.5) is 0 Å². The van der Waals surface area contributed by atoms with E-state index in [-0.39, 0.29) is 10.9 Å². The van der Waals surface area contributed by atoms with E-state index in [9.17, 15) is 8.42 Å². The van der Waals surface area contributed by atoms with E-state index < -0.39 is 10.0 Å². The number of sulfonamides is 1. The smallest absolute Gasteiger partial charge is 0.240 e.